The Bertz CT molecular complexity index is 496. The molecule has 0 aromatic heterocycles. The Balaban J connectivity index is 1.96. The van der Waals surface area contributed by atoms with Gasteiger partial charge in [0.25, 0.3) is 0 Å². The number of carbonyl (C=O) groups is 1. The first-order valence-electron chi connectivity index (χ1n) is 6.60. The van der Waals surface area contributed by atoms with Crippen molar-refractivity contribution < 1.29 is 9.00 Å². The summed E-state index contributed by atoms with van der Waals surface area (Å²) in [6.07, 6.45) is 4.41. The van der Waals surface area contributed by atoms with Gasteiger partial charge in [0.1, 0.15) is 5.75 Å². The molecule has 3 N–H and O–H groups in total. The second kappa shape index (κ2) is 6.19. The number of aryl methyl sites for hydroxylation is 1. The highest BCUT2D eigenvalue weighted by Gasteiger charge is 2.19. The minimum Gasteiger partial charge on any atom is -0.399 e. The summed E-state index contributed by atoms with van der Waals surface area (Å²) in [6.45, 7) is 1.88. The smallest absolute Gasteiger partial charge is 0.233 e. The number of benzene rings is 1. The average Bonchev–Trinajstić information content (AvgIpc) is 2.84. The van der Waals surface area contributed by atoms with Crippen molar-refractivity contribution in [3.05, 3.63) is 23.8 Å². The number of hydrogen-bond acceptors (Lipinski definition) is 3. The molecular formula is C14H20N2O2S. The Morgan fingerprint density at radius 3 is 2.79 bits per heavy atom. The van der Waals surface area contributed by atoms with Crippen LogP contribution >= 0.6 is 0 Å². The zero-order valence-corrected chi connectivity index (χ0v) is 12.0. The summed E-state index contributed by atoms with van der Waals surface area (Å²) in [6, 6.07) is 5.56. The van der Waals surface area contributed by atoms with Crippen LogP contribution < -0.4 is 11.1 Å². The Morgan fingerprint density at radius 1 is 1.42 bits per heavy atom. The van der Waals surface area contributed by atoms with E-state index >= 15 is 0 Å². The van der Waals surface area contributed by atoms with Crippen molar-refractivity contribution in [3.8, 4) is 0 Å². The van der Waals surface area contributed by atoms with Crippen LogP contribution in [0.5, 0.6) is 0 Å². The molecule has 0 heterocycles. The molecule has 104 valence electrons. The number of nitrogens with two attached hydrogens (primary N) is 1. The number of hydrogen-bond donors (Lipinski definition) is 2. The summed E-state index contributed by atoms with van der Waals surface area (Å²) in [5.74, 6) is -0.118. The van der Waals surface area contributed by atoms with Crippen LogP contribution in [0.1, 0.15) is 31.2 Å². The third kappa shape index (κ3) is 3.80. The molecular weight excluding hydrogens is 260 g/mol. The van der Waals surface area contributed by atoms with E-state index in [4.69, 9.17) is 5.73 Å². The van der Waals surface area contributed by atoms with Crippen molar-refractivity contribution in [1.82, 2.24) is 5.32 Å². The predicted molar refractivity (Wildman–Crippen MR) is 77.3 cm³/mol. The molecule has 0 radical (unpaired) electrons. The van der Waals surface area contributed by atoms with E-state index in [1.165, 1.54) is 12.8 Å². The van der Waals surface area contributed by atoms with Crippen molar-refractivity contribution in [2.75, 3.05) is 11.5 Å². The highest BCUT2D eigenvalue weighted by molar-refractivity contribution is 7.85. The molecule has 0 bridgehead atoms. The quantitative estimate of drug-likeness (QED) is 0.825. The summed E-state index contributed by atoms with van der Waals surface area (Å²) in [5, 5.41) is 2.95. The second-order valence-corrected chi connectivity index (χ2v) is 6.48. The Labute approximate surface area is 116 Å². The number of amides is 1. The van der Waals surface area contributed by atoms with E-state index < -0.39 is 10.8 Å². The topological polar surface area (TPSA) is 72.2 Å². The van der Waals surface area contributed by atoms with Gasteiger partial charge in [0.2, 0.25) is 5.91 Å². The average molecular weight is 280 g/mol. The van der Waals surface area contributed by atoms with Gasteiger partial charge in [0, 0.05) is 16.6 Å². The monoisotopic (exact) mass is 280 g/mol. The number of carbonyl (C=O) groups excluding carboxylic acids is 1. The van der Waals surface area contributed by atoms with Crippen LogP contribution in [0.2, 0.25) is 0 Å². The normalized spacial score (nSPS) is 17.3. The van der Waals surface area contributed by atoms with Crippen LogP contribution in [0.3, 0.4) is 0 Å². The van der Waals surface area contributed by atoms with Gasteiger partial charge in [0.05, 0.1) is 10.8 Å². The molecule has 2 rings (SSSR count). The lowest BCUT2D eigenvalue weighted by Gasteiger charge is -2.12. The number of nitrogens with one attached hydrogen (secondary N) is 1. The Morgan fingerprint density at radius 2 is 2.11 bits per heavy atom. The molecule has 1 atom stereocenters. The molecule has 1 amide bonds. The van der Waals surface area contributed by atoms with Gasteiger partial charge in [-0.2, -0.15) is 0 Å². The van der Waals surface area contributed by atoms with Gasteiger partial charge >= 0.3 is 0 Å². The van der Waals surface area contributed by atoms with E-state index in [2.05, 4.69) is 5.32 Å². The maximum absolute atomic E-state index is 12.2. The van der Waals surface area contributed by atoms with Crippen LogP contribution in [-0.2, 0) is 15.6 Å². The number of rotatable bonds is 4. The lowest BCUT2D eigenvalue weighted by molar-refractivity contribution is -0.119. The first-order chi connectivity index (χ1) is 9.06. The molecule has 1 saturated carbocycles. The summed E-state index contributed by atoms with van der Waals surface area (Å²) in [5.41, 5.74) is 7.17. The molecule has 4 nitrogen and oxygen atoms in total. The van der Waals surface area contributed by atoms with E-state index in [0.29, 0.717) is 10.6 Å². The highest BCUT2D eigenvalue weighted by Crippen LogP contribution is 2.19. The fourth-order valence-electron chi connectivity index (χ4n) is 2.40. The largest absolute Gasteiger partial charge is 0.399 e. The molecule has 1 aliphatic rings. The van der Waals surface area contributed by atoms with Gasteiger partial charge in [-0.25, -0.2) is 0 Å². The van der Waals surface area contributed by atoms with Crippen LogP contribution in [0.25, 0.3) is 0 Å². The zero-order valence-electron chi connectivity index (χ0n) is 11.1. The predicted octanol–water partition coefficient (Wildman–Crippen LogP) is 1.74. The van der Waals surface area contributed by atoms with E-state index in [1.807, 2.05) is 13.0 Å². The molecule has 0 saturated heterocycles. The molecule has 1 aliphatic carbocycles. The van der Waals surface area contributed by atoms with Gasteiger partial charge in [-0.1, -0.05) is 18.9 Å². The minimum atomic E-state index is -1.33. The minimum absolute atomic E-state index is 0.0147. The first-order valence-corrected chi connectivity index (χ1v) is 7.92. The van der Waals surface area contributed by atoms with E-state index in [9.17, 15) is 9.00 Å². The maximum atomic E-state index is 12.2. The van der Waals surface area contributed by atoms with Crippen LogP contribution in [-0.4, -0.2) is 21.9 Å². The molecule has 0 aliphatic heterocycles. The van der Waals surface area contributed by atoms with Crippen molar-refractivity contribution in [1.29, 1.82) is 0 Å². The van der Waals surface area contributed by atoms with Gasteiger partial charge in [0.15, 0.2) is 0 Å². The Kier molecular flexibility index (Phi) is 4.58. The van der Waals surface area contributed by atoms with Crippen molar-refractivity contribution in [2.24, 2.45) is 0 Å². The van der Waals surface area contributed by atoms with Crippen LogP contribution in [0, 0.1) is 6.92 Å². The van der Waals surface area contributed by atoms with Crippen molar-refractivity contribution >= 4 is 22.4 Å². The molecule has 0 spiro atoms. The van der Waals surface area contributed by atoms with E-state index in [0.717, 1.165) is 18.4 Å². The number of nitrogen functional groups attached to an aromatic ring is 1. The van der Waals surface area contributed by atoms with Crippen molar-refractivity contribution in [2.45, 2.75) is 43.5 Å². The van der Waals surface area contributed by atoms with Gasteiger partial charge in [-0.15, -0.1) is 0 Å². The van der Waals surface area contributed by atoms with Gasteiger partial charge in [-0.05, 0) is 37.5 Å². The fourth-order valence-corrected chi connectivity index (χ4v) is 3.57. The summed E-state index contributed by atoms with van der Waals surface area (Å²) >= 11 is 0. The summed E-state index contributed by atoms with van der Waals surface area (Å²) < 4.78 is 12.2. The SMILES string of the molecule is Cc1ccc(N)cc1S(=O)CC(=O)NC1CCCC1. The lowest BCUT2D eigenvalue weighted by atomic mass is 10.2. The van der Waals surface area contributed by atoms with E-state index in [1.54, 1.807) is 12.1 Å². The molecule has 19 heavy (non-hydrogen) atoms. The molecule has 1 aromatic carbocycles. The third-order valence-corrected chi connectivity index (χ3v) is 4.89. The van der Waals surface area contributed by atoms with Gasteiger partial charge < -0.3 is 11.1 Å². The van der Waals surface area contributed by atoms with Crippen molar-refractivity contribution in [3.63, 3.8) is 0 Å². The lowest BCUT2D eigenvalue weighted by Crippen LogP contribution is -2.35. The third-order valence-electron chi connectivity index (χ3n) is 3.44. The maximum Gasteiger partial charge on any atom is 0.233 e. The van der Waals surface area contributed by atoms with E-state index in [-0.39, 0.29) is 17.7 Å². The summed E-state index contributed by atoms with van der Waals surface area (Å²) in [4.78, 5) is 12.5. The molecule has 1 unspecified atom stereocenters. The fraction of sp³-hybridized carbons (Fsp3) is 0.500. The first kappa shape index (κ1) is 14.1. The standard InChI is InChI=1S/C14H20N2O2S/c1-10-6-7-11(15)8-13(10)19(18)9-14(17)16-12-4-2-3-5-12/h6-8,12H,2-5,9,15H2,1H3,(H,16,17). The highest BCUT2D eigenvalue weighted by atomic mass is 32.2. The number of anilines is 1. The van der Waals surface area contributed by atoms with Crippen LogP contribution in [0.15, 0.2) is 23.1 Å². The van der Waals surface area contributed by atoms with Crippen LogP contribution in [0.4, 0.5) is 5.69 Å². The summed E-state index contributed by atoms with van der Waals surface area (Å²) in [7, 11) is -1.33. The molecule has 5 heteroatoms. The molecule has 1 aromatic rings. The Hall–Kier alpha value is -1.36. The zero-order chi connectivity index (χ0) is 13.8. The molecule has 1 fully saturated rings. The van der Waals surface area contributed by atoms with Gasteiger partial charge in [-0.3, -0.25) is 9.00 Å². The second-order valence-electron chi connectivity index (χ2n) is 5.06.